The fourth-order valence-corrected chi connectivity index (χ4v) is 1.22. The van der Waals surface area contributed by atoms with Crippen molar-refractivity contribution in [2.75, 3.05) is 0 Å². The Labute approximate surface area is 77.7 Å². The van der Waals surface area contributed by atoms with Gasteiger partial charge < -0.3 is 5.73 Å². The summed E-state index contributed by atoms with van der Waals surface area (Å²) in [5.74, 6) is 0.169. The highest BCUT2D eigenvalue weighted by Gasteiger charge is 2.07. The Morgan fingerprint density at radius 2 is 2.46 bits per heavy atom. The number of nitrogens with zero attached hydrogens (tertiary/aromatic N) is 2. The van der Waals surface area contributed by atoms with E-state index in [-0.39, 0.29) is 11.8 Å². The minimum Gasteiger partial charge on any atom is -0.328 e. The van der Waals surface area contributed by atoms with Gasteiger partial charge in [-0.05, 0) is 12.5 Å². The van der Waals surface area contributed by atoms with Crippen LogP contribution in [-0.2, 0) is 18.3 Å². The maximum atomic E-state index is 11.3. The van der Waals surface area contributed by atoms with Crippen molar-refractivity contribution in [3.8, 4) is 0 Å². The number of Topliss-reactive ketones (excluding diaryl/α,β-unsaturated/α-hetero) is 1. The largest absolute Gasteiger partial charge is 0.328 e. The summed E-state index contributed by atoms with van der Waals surface area (Å²) >= 11 is 0. The second kappa shape index (κ2) is 4.18. The number of hydrogen-bond donors (Lipinski definition) is 1. The fourth-order valence-electron chi connectivity index (χ4n) is 1.22. The van der Waals surface area contributed by atoms with Crippen LogP contribution in [0, 0.1) is 0 Å². The highest BCUT2D eigenvalue weighted by molar-refractivity contribution is 5.81. The molecule has 0 saturated carbocycles. The molecule has 0 radical (unpaired) electrons. The first-order chi connectivity index (χ1) is 6.08. The molecule has 0 aliphatic heterocycles. The van der Waals surface area contributed by atoms with E-state index in [1.807, 2.05) is 20.2 Å². The van der Waals surface area contributed by atoms with Gasteiger partial charge in [-0.25, -0.2) is 0 Å². The normalized spacial score (nSPS) is 12.8. The molecule has 0 saturated heterocycles. The maximum Gasteiger partial charge on any atom is 0.138 e. The highest BCUT2D eigenvalue weighted by Crippen LogP contribution is 2.01. The molecule has 4 heteroatoms. The number of ketones is 1. The summed E-state index contributed by atoms with van der Waals surface area (Å²) in [4.78, 5) is 11.3. The van der Waals surface area contributed by atoms with E-state index >= 15 is 0 Å². The summed E-state index contributed by atoms with van der Waals surface area (Å²) in [7, 11) is 1.83. The first kappa shape index (κ1) is 9.92. The van der Waals surface area contributed by atoms with Crippen LogP contribution in [-0.4, -0.2) is 21.6 Å². The number of rotatable bonds is 4. The summed E-state index contributed by atoms with van der Waals surface area (Å²) in [5, 5.41) is 3.98. The topological polar surface area (TPSA) is 60.9 Å². The number of carbonyl (C=O) groups is 1. The van der Waals surface area contributed by atoms with Crippen LogP contribution >= 0.6 is 0 Å². The Bertz CT molecular complexity index is 291. The quantitative estimate of drug-likeness (QED) is 0.725. The lowest BCUT2D eigenvalue weighted by Gasteiger charge is -2.01. The van der Waals surface area contributed by atoms with Crippen LogP contribution in [0.5, 0.6) is 0 Å². The van der Waals surface area contributed by atoms with Crippen molar-refractivity contribution >= 4 is 5.78 Å². The highest BCUT2D eigenvalue weighted by atomic mass is 16.1. The monoisotopic (exact) mass is 181 g/mol. The fraction of sp³-hybridized carbons (Fsp3) is 0.556. The number of aromatic nitrogens is 2. The molecule has 2 N–H and O–H groups in total. The van der Waals surface area contributed by atoms with Gasteiger partial charge in [0.1, 0.15) is 5.78 Å². The van der Waals surface area contributed by atoms with Crippen molar-refractivity contribution in [2.45, 2.75) is 25.8 Å². The van der Waals surface area contributed by atoms with Gasteiger partial charge in [0, 0.05) is 32.1 Å². The predicted molar refractivity (Wildman–Crippen MR) is 50.2 cm³/mol. The molecule has 13 heavy (non-hydrogen) atoms. The van der Waals surface area contributed by atoms with E-state index in [4.69, 9.17) is 5.73 Å². The third kappa shape index (κ3) is 3.38. The van der Waals surface area contributed by atoms with Gasteiger partial charge in [-0.3, -0.25) is 9.48 Å². The molecule has 1 atom stereocenters. The van der Waals surface area contributed by atoms with Gasteiger partial charge in [-0.2, -0.15) is 5.10 Å². The number of nitrogens with two attached hydrogens (primary N) is 1. The Hall–Kier alpha value is -1.16. The lowest BCUT2D eigenvalue weighted by Crippen LogP contribution is -2.20. The summed E-state index contributed by atoms with van der Waals surface area (Å²) < 4.78 is 1.69. The summed E-state index contributed by atoms with van der Waals surface area (Å²) in [5.41, 5.74) is 6.46. The average Bonchev–Trinajstić information content (AvgIpc) is 2.33. The molecule has 1 aromatic rings. The van der Waals surface area contributed by atoms with E-state index in [9.17, 15) is 4.79 Å². The van der Waals surface area contributed by atoms with Crippen molar-refractivity contribution in [1.29, 1.82) is 0 Å². The van der Waals surface area contributed by atoms with Gasteiger partial charge >= 0.3 is 0 Å². The standard InChI is InChI=1S/C9H15N3O/c1-7(10)3-9(13)4-8-5-11-12(2)6-8/h5-7H,3-4,10H2,1-2H3. The van der Waals surface area contributed by atoms with Gasteiger partial charge in [0.05, 0.1) is 6.20 Å². The average molecular weight is 181 g/mol. The van der Waals surface area contributed by atoms with Gasteiger partial charge in [-0.15, -0.1) is 0 Å². The molecule has 1 aromatic heterocycles. The molecule has 0 aliphatic rings. The number of hydrogen-bond acceptors (Lipinski definition) is 3. The minimum atomic E-state index is -0.0517. The smallest absolute Gasteiger partial charge is 0.138 e. The van der Waals surface area contributed by atoms with E-state index in [0.717, 1.165) is 5.56 Å². The van der Waals surface area contributed by atoms with Crippen molar-refractivity contribution in [3.63, 3.8) is 0 Å². The molecule has 0 aliphatic carbocycles. The first-order valence-corrected chi connectivity index (χ1v) is 4.32. The molecule has 1 rings (SSSR count). The Balaban J connectivity index is 2.45. The molecule has 0 aromatic carbocycles. The molecule has 0 bridgehead atoms. The lowest BCUT2D eigenvalue weighted by molar-refractivity contribution is -0.118. The molecule has 0 amide bonds. The van der Waals surface area contributed by atoms with Gasteiger partial charge in [0.25, 0.3) is 0 Å². The van der Waals surface area contributed by atoms with Crippen LogP contribution in [0.4, 0.5) is 0 Å². The van der Waals surface area contributed by atoms with Crippen molar-refractivity contribution in [1.82, 2.24) is 9.78 Å². The van der Waals surface area contributed by atoms with Crippen LogP contribution in [0.1, 0.15) is 18.9 Å². The zero-order chi connectivity index (χ0) is 9.84. The van der Waals surface area contributed by atoms with Crippen molar-refractivity contribution in [2.24, 2.45) is 12.8 Å². The molecular formula is C9H15N3O. The third-order valence-corrected chi connectivity index (χ3v) is 1.71. The van der Waals surface area contributed by atoms with Crippen LogP contribution in [0.3, 0.4) is 0 Å². The van der Waals surface area contributed by atoms with Crippen LogP contribution in [0.15, 0.2) is 12.4 Å². The molecule has 4 nitrogen and oxygen atoms in total. The molecular weight excluding hydrogens is 166 g/mol. The van der Waals surface area contributed by atoms with Crippen LogP contribution in [0.25, 0.3) is 0 Å². The SMILES string of the molecule is CC(N)CC(=O)Cc1cnn(C)c1. The molecule has 0 fully saturated rings. The Morgan fingerprint density at radius 1 is 1.77 bits per heavy atom. The van der Waals surface area contributed by atoms with Gasteiger partial charge in [-0.1, -0.05) is 0 Å². The first-order valence-electron chi connectivity index (χ1n) is 4.32. The second-order valence-corrected chi connectivity index (χ2v) is 3.42. The molecule has 0 spiro atoms. The van der Waals surface area contributed by atoms with E-state index in [0.29, 0.717) is 12.8 Å². The van der Waals surface area contributed by atoms with Crippen LogP contribution in [0.2, 0.25) is 0 Å². The molecule has 1 heterocycles. The summed E-state index contributed by atoms with van der Waals surface area (Å²) in [6.45, 7) is 1.83. The third-order valence-electron chi connectivity index (χ3n) is 1.71. The van der Waals surface area contributed by atoms with E-state index in [1.54, 1.807) is 10.9 Å². The van der Waals surface area contributed by atoms with Gasteiger partial charge in [0.2, 0.25) is 0 Å². The zero-order valence-corrected chi connectivity index (χ0v) is 8.03. The Kier molecular flexibility index (Phi) is 3.19. The van der Waals surface area contributed by atoms with E-state index in [2.05, 4.69) is 5.10 Å². The van der Waals surface area contributed by atoms with E-state index in [1.165, 1.54) is 0 Å². The maximum absolute atomic E-state index is 11.3. The van der Waals surface area contributed by atoms with E-state index < -0.39 is 0 Å². The molecule has 72 valence electrons. The predicted octanol–water partition coefficient (Wildman–Crippen LogP) is 0.269. The number of aryl methyl sites for hydroxylation is 1. The number of carbonyl (C=O) groups excluding carboxylic acids is 1. The summed E-state index contributed by atoms with van der Waals surface area (Å²) in [6.07, 6.45) is 4.43. The molecule has 1 unspecified atom stereocenters. The van der Waals surface area contributed by atoms with Gasteiger partial charge in [0.15, 0.2) is 0 Å². The van der Waals surface area contributed by atoms with Crippen molar-refractivity contribution < 1.29 is 4.79 Å². The summed E-state index contributed by atoms with van der Waals surface area (Å²) in [6, 6.07) is -0.0517. The van der Waals surface area contributed by atoms with Crippen molar-refractivity contribution in [3.05, 3.63) is 18.0 Å². The second-order valence-electron chi connectivity index (χ2n) is 3.42. The zero-order valence-electron chi connectivity index (χ0n) is 8.03. The lowest BCUT2D eigenvalue weighted by atomic mass is 10.1. The minimum absolute atomic E-state index is 0.0517. The Morgan fingerprint density at radius 3 is 2.92 bits per heavy atom. The van der Waals surface area contributed by atoms with Crippen LogP contribution < -0.4 is 5.73 Å².